The predicted molar refractivity (Wildman–Crippen MR) is 93.0 cm³/mol. The zero-order valence-corrected chi connectivity index (χ0v) is 14.1. The number of aryl methyl sites for hydroxylation is 1. The van der Waals surface area contributed by atoms with Gasteiger partial charge in [-0.2, -0.15) is 0 Å². The van der Waals surface area contributed by atoms with Crippen LogP contribution in [0.1, 0.15) is 36.5 Å². The minimum Gasteiger partial charge on any atom is -0.377 e. The Morgan fingerprint density at radius 2 is 1.92 bits per heavy atom. The minimum atomic E-state index is -0.270. The number of carbonyl (C=O) groups is 1. The lowest BCUT2D eigenvalue weighted by Crippen LogP contribution is -2.23. The van der Waals surface area contributed by atoms with Crippen LogP contribution in [-0.4, -0.2) is 12.5 Å². The van der Waals surface area contributed by atoms with E-state index in [9.17, 15) is 9.18 Å². The van der Waals surface area contributed by atoms with Crippen LogP contribution in [0.5, 0.6) is 0 Å². The molecule has 1 N–H and O–H groups in total. The topological polar surface area (TPSA) is 38.3 Å². The van der Waals surface area contributed by atoms with E-state index in [4.69, 9.17) is 4.74 Å². The van der Waals surface area contributed by atoms with Gasteiger partial charge in [-0.25, -0.2) is 4.39 Å². The van der Waals surface area contributed by atoms with E-state index in [-0.39, 0.29) is 11.7 Å². The molecule has 4 heteroatoms. The van der Waals surface area contributed by atoms with Crippen LogP contribution in [0.4, 0.5) is 4.39 Å². The highest BCUT2D eigenvalue weighted by atomic mass is 19.1. The van der Waals surface area contributed by atoms with Crippen LogP contribution < -0.4 is 5.32 Å². The molecule has 0 aliphatic heterocycles. The molecule has 0 aromatic heterocycles. The number of carbonyl (C=O) groups excluding carboxylic acids is 1. The fourth-order valence-electron chi connectivity index (χ4n) is 2.43. The van der Waals surface area contributed by atoms with Gasteiger partial charge in [-0.3, -0.25) is 4.79 Å². The molecule has 2 aromatic rings. The van der Waals surface area contributed by atoms with Crippen molar-refractivity contribution in [3.8, 4) is 0 Å². The summed E-state index contributed by atoms with van der Waals surface area (Å²) < 4.78 is 18.7. The van der Waals surface area contributed by atoms with Gasteiger partial charge in [0.05, 0.1) is 6.61 Å². The van der Waals surface area contributed by atoms with Crippen molar-refractivity contribution >= 4 is 5.91 Å². The van der Waals surface area contributed by atoms with Gasteiger partial charge in [0.25, 0.3) is 0 Å². The molecule has 128 valence electrons. The molecule has 3 nitrogen and oxygen atoms in total. The molecule has 0 fully saturated rings. The van der Waals surface area contributed by atoms with Crippen molar-refractivity contribution in [1.29, 1.82) is 0 Å². The molecule has 0 saturated heterocycles. The fraction of sp³-hybridized carbons (Fsp3) is 0.350. The zero-order valence-electron chi connectivity index (χ0n) is 14.1. The molecule has 0 saturated carbocycles. The summed E-state index contributed by atoms with van der Waals surface area (Å²) in [4.78, 5) is 12.0. The van der Waals surface area contributed by atoms with Crippen LogP contribution in [0, 0.1) is 5.82 Å². The first-order valence-corrected chi connectivity index (χ1v) is 8.34. The molecule has 0 unspecified atom stereocenters. The summed E-state index contributed by atoms with van der Waals surface area (Å²) in [7, 11) is 0. The van der Waals surface area contributed by atoms with E-state index >= 15 is 0 Å². The maximum atomic E-state index is 13.1. The second-order valence-electron chi connectivity index (χ2n) is 5.73. The molecule has 0 aliphatic carbocycles. The number of halogens is 1. The lowest BCUT2D eigenvalue weighted by Gasteiger charge is -2.11. The Morgan fingerprint density at radius 3 is 2.67 bits per heavy atom. The Balaban J connectivity index is 1.81. The van der Waals surface area contributed by atoms with E-state index in [1.165, 1.54) is 12.1 Å². The van der Waals surface area contributed by atoms with Gasteiger partial charge in [0.15, 0.2) is 0 Å². The van der Waals surface area contributed by atoms with Gasteiger partial charge in [0.1, 0.15) is 5.82 Å². The van der Waals surface area contributed by atoms with Gasteiger partial charge in [0, 0.05) is 19.6 Å². The zero-order chi connectivity index (χ0) is 17.2. The first kappa shape index (κ1) is 18.1. The quantitative estimate of drug-likeness (QED) is 0.706. The lowest BCUT2D eigenvalue weighted by atomic mass is 10.1. The summed E-state index contributed by atoms with van der Waals surface area (Å²) in [6.07, 6.45) is 1.86. The van der Waals surface area contributed by atoms with Crippen molar-refractivity contribution in [2.75, 3.05) is 6.61 Å². The third-order valence-corrected chi connectivity index (χ3v) is 3.73. The first-order valence-electron chi connectivity index (χ1n) is 8.34. The van der Waals surface area contributed by atoms with E-state index in [0.29, 0.717) is 26.0 Å². The number of rotatable bonds is 9. The summed E-state index contributed by atoms with van der Waals surface area (Å²) >= 11 is 0. The number of hydrogen-bond acceptors (Lipinski definition) is 2. The van der Waals surface area contributed by atoms with Gasteiger partial charge < -0.3 is 10.1 Å². The first-order chi connectivity index (χ1) is 11.7. The van der Waals surface area contributed by atoms with Crippen LogP contribution in [0.2, 0.25) is 0 Å². The number of ether oxygens (including phenoxy) is 1. The number of benzene rings is 2. The molecular formula is C20H24FNO2. The molecular weight excluding hydrogens is 305 g/mol. The minimum absolute atomic E-state index is 0.0384. The second-order valence-corrected chi connectivity index (χ2v) is 5.73. The highest BCUT2D eigenvalue weighted by molar-refractivity contribution is 5.76. The molecule has 0 aliphatic rings. The van der Waals surface area contributed by atoms with E-state index in [0.717, 1.165) is 29.7 Å². The normalized spacial score (nSPS) is 10.6. The summed E-state index contributed by atoms with van der Waals surface area (Å²) in [5.74, 6) is -0.308. The lowest BCUT2D eigenvalue weighted by molar-refractivity contribution is -0.121. The van der Waals surface area contributed by atoms with Crippen LogP contribution in [-0.2, 0) is 29.1 Å². The van der Waals surface area contributed by atoms with E-state index in [2.05, 4.69) is 12.2 Å². The molecule has 0 heterocycles. The summed E-state index contributed by atoms with van der Waals surface area (Å²) in [6.45, 7) is 3.84. The van der Waals surface area contributed by atoms with Gasteiger partial charge in [-0.15, -0.1) is 0 Å². The van der Waals surface area contributed by atoms with Crippen molar-refractivity contribution in [1.82, 2.24) is 5.32 Å². The van der Waals surface area contributed by atoms with Crippen LogP contribution in [0.3, 0.4) is 0 Å². The van der Waals surface area contributed by atoms with Crippen molar-refractivity contribution in [2.45, 2.75) is 39.3 Å². The molecule has 0 bridgehead atoms. The maximum Gasteiger partial charge on any atom is 0.220 e. The van der Waals surface area contributed by atoms with Gasteiger partial charge in [-0.05, 0) is 41.7 Å². The van der Waals surface area contributed by atoms with Crippen LogP contribution >= 0.6 is 0 Å². The predicted octanol–water partition coefficient (Wildman–Crippen LogP) is 4.00. The monoisotopic (exact) mass is 329 g/mol. The molecule has 0 atom stereocenters. The van der Waals surface area contributed by atoms with E-state index in [1.54, 1.807) is 6.07 Å². The Bertz CT molecular complexity index is 658. The van der Waals surface area contributed by atoms with Crippen molar-refractivity contribution in [3.05, 3.63) is 71.0 Å². The Kier molecular flexibility index (Phi) is 7.43. The Labute approximate surface area is 142 Å². The largest absolute Gasteiger partial charge is 0.377 e. The Hall–Kier alpha value is -2.20. The number of amides is 1. The molecule has 24 heavy (non-hydrogen) atoms. The van der Waals surface area contributed by atoms with Crippen molar-refractivity contribution < 1.29 is 13.9 Å². The SMILES string of the molecule is CCCOCc1ccccc1CNC(=O)CCc1cccc(F)c1. The maximum absolute atomic E-state index is 13.1. The molecule has 2 rings (SSSR count). The fourth-order valence-corrected chi connectivity index (χ4v) is 2.43. The number of hydrogen-bond donors (Lipinski definition) is 1. The van der Waals surface area contributed by atoms with Gasteiger partial charge in [-0.1, -0.05) is 43.3 Å². The summed E-state index contributed by atoms with van der Waals surface area (Å²) in [5, 5.41) is 2.93. The number of nitrogens with one attached hydrogen (secondary N) is 1. The highest BCUT2D eigenvalue weighted by Gasteiger charge is 2.06. The molecule has 0 radical (unpaired) electrons. The van der Waals surface area contributed by atoms with Gasteiger partial charge >= 0.3 is 0 Å². The highest BCUT2D eigenvalue weighted by Crippen LogP contribution is 2.11. The summed E-state index contributed by atoms with van der Waals surface area (Å²) in [6, 6.07) is 14.3. The summed E-state index contributed by atoms with van der Waals surface area (Å²) in [5.41, 5.74) is 2.99. The van der Waals surface area contributed by atoms with E-state index < -0.39 is 0 Å². The molecule has 1 amide bonds. The second kappa shape index (κ2) is 9.83. The average Bonchev–Trinajstić information content (AvgIpc) is 2.59. The van der Waals surface area contributed by atoms with Gasteiger partial charge in [0.2, 0.25) is 5.91 Å². The van der Waals surface area contributed by atoms with E-state index in [1.807, 2.05) is 30.3 Å². The van der Waals surface area contributed by atoms with Crippen molar-refractivity contribution in [2.24, 2.45) is 0 Å². The third-order valence-electron chi connectivity index (χ3n) is 3.73. The van der Waals surface area contributed by atoms with Crippen LogP contribution in [0.25, 0.3) is 0 Å². The van der Waals surface area contributed by atoms with Crippen LogP contribution in [0.15, 0.2) is 48.5 Å². The van der Waals surface area contributed by atoms with Crippen molar-refractivity contribution in [3.63, 3.8) is 0 Å². The smallest absolute Gasteiger partial charge is 0.220 e. The third kappa shape index (κ3) is 6.13. The average molecular weight is 329 g/mol. The Morgan fingerprint density at radius 1 is 1.12 bits per heavy atom. The standard InChI is InChI=1S/C20H24FNO2/c1-2-12-24-15-18-8-4-3-7-17(18)14-22-20(23)11-10-16-6-5-9-19(21)13-16/h3-9,13H,2,10-12,14-15H2,1H3,(H,22,23). The molecule has 2 aromatic carbocycles. The molecule has 0 spiro atoms.